The number of hydrogen-bond donors (Lipinski definition) is 0. The number of aromatic nitrogens is 3. The van der Waals surface area contributed by atoms with Gasteiger partial charge in [-0.05, 0) is 71.0 Å². The summed E-state index contributed by atoms with van der Waals surface area (Å²) in [4.78, 5) is 10.3. The number of fused-ring (bicyclic) bond motifs is 3. The lowest BCUT2D eigenvalue weighted by molar-refractivity contribution is 0.967. The van der Waals surface area contributed by atoms with Crippen molar-refractivity contribution in [2.75, 3.05) is 0 Å². The fourth-order valence-electron chi connectivity index (χ4n) is 7.02. The molecule has 3 heteroatoms. The molecule has 0 saturated carbocycles. The Morgan fingerprint density at radius 3 is 1.55 bits per heavy atom. The standard InChI is InChI=1S/C46H33N3/c1-3-11-32(12-4-1)34-19-23-36(24-20-34)42-31-43(48-46(47-42)38-25-21-35(22-26-38)33-13-5-2-6-14-33)37-27-29-39(30-28-37)49-44-17-9-7-15-40(44)41-16-8-10-18-45(41)49/h1-7,9-15,17-31H,8,16H2. The van der Waals surface area contributed by atoms with Gasteiger partial charge in [-0.3, -0.25) is 0 Å². The number of benzene rings is 6. The molecule has 0 radical (unpaired) electrons. The molecular formula is C46H33N3. The third kappa shape index (κ3) is 5.46. The minimum absolute atomic E-state index is 0.707. The number of rotatable bonds is 6. The van der Waals surface area contributed by atoms with Crippen molar-refractivity contribution in [3.8, 4) is 61.8 Å². The maximum atomic E-state index is 5.15. The smallest absolute Gasteiger partial charge is 0.160 e. The van der Waals surface area contributed by atoms with Crippen molar-refractivity contribution in [2.24, 2.45) is 0 Å². The number of aryl methyl sites for hydroxylation is 1. The number of nitrogens with zero attached hydrogens (tertiary/aromatic N) is 3. The van der Waals surface area contributed by atoms with Gasteiger partial charge in [0.1, 0.15) is 0 Å². The van der Waals surface area contributed by atoms with E-state index in [-0.39, 0.29) is 0 Å². The first-order valence-electron chi connectivity index (χ1n) is 16.9. The summed E-state index contributed by atoms with van der Waals surface area (Å²) in [5.41, 5.74) is 14.7. The molecular weight excluding hydrogens is 595 g/mol. The fraction of sp³-hybridized carbons (Fsp3) is 0.0435. The van der Waals surface area contributed by atoms with E-state index < -0.39 is 0 Å². The number of allylic oxidation sites excluding steroid dienone is 1. The van der Waals surface area contributed by atoms with Crippen molar-refractivity contribution < 1.29 is 0 Å². The van der Waals surface area contributed by atoms with E-state index in [9.17, 15) is 0 Å². The van der Waals surface area contributed by atoms with Crippen molar-refractivity contribution >= 4 is 17.0 Å². The molecule has 0 N–H and O–H groups in total. The zero-order valence-electron chi connectivity index (χ0n) is 27.0. The van der Waals surface area contributed by atoms with Crippen LogP contribution in [0.1, 0.15) is 17.7 Å². The highest BCUT2D eigenvalue weighted by Gasteiger charge is 2.18. The molecule has 232 valence electrons. The van der Waals surface area contributed by atoms with Crippen LogP contribution in [0.2, 0.25) is 0 Å². The maximum Gasteiger partial charge on any atom is 0.160 e. The predicted octanol–water partition coefficient (Wildman–Crippen LogP) is 11.7. The third-order valence-corrected chi connectivity index (χ3v) is 9.54. The Hall–Kier alpha value is -6.32. The molecule has 6 aromatic carbocycles. The zero-order chi connectivity index (χ0) is 32.6. The van der Waals surface area contributed by atoms with Gasteiger partial charge in [0.05, 0.1) is 16.9 Å². The van der Waals surface area contributed by atoms with Crippen LogP contribution < -0.4 is 0 Å². The molecule has 0 saturated heterocycles. The summed E-state index contributed by atoms with van der Waals surface area (Å²) in [5, 5.41) is 1.34. The minimum Gasteiger partial charge on any atom is -0.310 e. The lowest BCUT2D eigenvalue weighted by atomic mass is 10.0. The molecule has 1 aliphatic rings. The summed E-state index contributed by atoms with van der Waals surface area (Å²) in [6.45, 7) is 0. The van der Waals surface area contributed by atoms with Gasteiger partial charge in [-0.1, -0.05) is 146 Å². The van der Waals surface area contributed by atoms with E-state index in [2.05, 4.69) is 168 Å². The highest BCUT2D eigenvalue weighted by Crippen LogP contribution is 2.35. The van der Waals surface area contributed by atoms with Gasteiger partial charge in [-0.2, -0.15) is 0 Å². The van der Waals surface area contributed by atoms with E-state index in [1.807, 2.05) is 12.1 Å². The topological polar surface area (TPSA) is 30.7 Å². The lowest BCUT2D eigenvalue weighted by Crippen LogP contribution is -2.00. The number of hydrogen-bond acceptors (Lipinski definition) is 2. The van der Waals surface area contributed by atoms with Crippen LogP contribution in [0.3, 0.4) is 0 Å². The van der Waals surface area contributed by atoms with Gasteiger partial charge in [0, 0.05) is 33.5 Å². The second-order valence-corrected chi connectivity index (χ2v) is 12.6. The molecule has 2 heterocycles. The van der Waals surface area contributed by atoms with Crippen LogP contribution in [-0.2, 0) is 6.42 Å². The Kier molecular flexibility index (Phi) is 7.29. The lowest BCUT2D eigenvalue weighted by Gasteiger charge is -2.13. The van der Waals surface area contributed by atoms with Gasteiger partial charge >= 0.3 is 0 Å². The summed E-state index contributed by atoms with van der Waals surface area (Å²) >= 11 is 0. The zero-order valence-corrected chi connectivity index (χ0v) is 27.0. The summed E-state index contributed by atoms with van der Waals surface area (Å²) in [7, 11) is 0. The molecule has 0 unspecified atom stereocenters. The minimum atomic E-state index is 0.707. The van der Waals surface area contributed by atoms with Gasteiger partial charge < -0.3 is 4.57 Å². The molecule has 8 aromatic rings. The maximum absolute atomic E-state index is 5.15. The van der Waals surface area contributed by atoms with Crippen LogP contribution in [0, 0.1) is 0 Å². The first-order chi connectivity index (χ1) is 24.3. The van der Waals surface area contributed by atoms with Gasteiger partial charge in [0.2, 0.25) is 0 Å². The molecule has 2 aromatic heterocycles. The Balaban J connectivity index is 1.13. The molecule has 1 aliphatic carbocycles. The van der Waals surface area contributed by atoms with Gasteiger partial charge in [0.25, 0.3) is 0 Å². The Labute approximate surface area is 286 Å². The third-order valence-electron chi connectivity index (χ3n) is 9.54. The van der Waals surface area contributed by atoms with Crippen LogP contribution in [-0.4, -0.2) is 14.5 Å². The van der Waals surface area contributed by atoms with E-state index in [0.29, 0.717) is 5.82 Å². The average Bonchev–Trinajstić information content (AvgIpc) is 3.53. The first kappa shape index (κ1) is 28.9. The van der Waals surface area contributed by atoms with E-state index in [0.717, 1.165) is 46.6 Å². The summed E-state index contributed by atoms with van der Waals surface area (Å²) < 4.78 is 2.39. The highest BCUT2D eigenvalue weighted by atomic mass is 15.0. The summed E-state index contributed by atoms with van der Waals surface area (Å²) in [6, 6.07) is 57.8. The molecule has 3 nitrogen and oxygen atoms in total. The predicted molar refractivity (Wildman–Crippen MR) is 203 cm³/mol. The van der Waals surface area contributed by atoms with E-state index in [1.54, 1.807) is 0 Å². The van der Waals surface area contributed by atoms with Crippen LogP contribution in [0.25, 0.3) is 78.8 Å². The average molecular weight is 628 g/mol. The second-order valence-electron chi connectivity index (χ2n) is 12.6. The molecule has 0 atom stereocenters. The van der Waals surface area contributed by atoms with Crippen molar-refractivity contribution in [2.45, 2.75) is 12.8 Å². The van der Waals surface area contributed by atoms with Gasteiger partial charge in [-0.15, -0.1) is 0 Å². The first-order valence-corrected chi connectivity index (χ1v) is 16.9. The quantitative estimate of drug-likeness (QED) is 0.184. The molecule has 0 bridgehead atoms. The largest absolute Gasteiger partial charge is 0.310 e. The fourth-order valence-corrected chi connectivity index (χ4v) is 7.02. The van der Waals surface area contributed by atoms with Crippen molar-refractivity contribution in [3.05, 3.63) is 181 Å². The van der Waals surface area contributed by atoms with E-state index in [1.165, 1.54) is 44.4 Å². The molecule has 9 rings (SSSR count). The van der Waals surface area contributed by atoms with Crippen LogP contribution >= 0.6 is 0 Å². The van der Waals surface area contributed by atoms with E-state index >= 15 is 0 Å². The molecule has 49 heavy (non-hydrogen) atoms. The van der Waals surface area contributed by atoms with Crippen LogP contribution in [0.5, 0.6) is 0 Å². The molecule has 0 aliphatic heterocycles. The molecule has 0 amide bonds. The summed E-state index contributed by atoms with van der Waals surface area (Å²) in [5.74, 6) is 0.707. The SMILES string of the molecule is C1=Cc2c(c3ccccc3n2-c2ccc(-c3cc(-c4ccc(-c5ccccc5)cc4)nc(-c4ccc(-c5ccccc5)cc4)n3)cc2)CC1. The highest BCUT2D eigenvalue weighted by molar-refractivity contribution is 5.91. The Bertz CT molecular complexity index is 2340. The Morgan fingerprint density at radius 2 is 0.939 bits per heavy atom. The van der Waals surface area contributed by atoms with Gasteiger partial charge in [-0.25, -0.2) is 9.97 Å². The monoisotopic (exact) mass is 627 g/mol. The summed E-state index contributed by atoms with van der Waals surface area (Å²) in [6.07, 6.45) is 6.72. The molecule has 0 spiro atoms. The van der Waals surface area contributed by atoms with Gasteiger partial charge in [0.15, 0.2) is 5.82 Å². The second kappa shape index (κ2) is 12.4. The van der Waals surface area contributed by atoms with Crippen LogP contribution in [0.15, 0.2) is 170 Å². The number of para-hydroxylation sites is 1. The normalized spacial score (nSPS) is 12.2. The van der Waals surface area contributed by atoms with Crippen LogP contribution in [0.4, 0.5) is 0 Å². The van der Waals surface area contributed by atoms with Crippen molar-refractivity contribution in [1.82, 2.24) is 14.5 Å². The molecule has 0 fully saturated rings. The Morgan fingerprint density at radius 1 is 0.449 bits per heavy atom. The van der Waals surface area contributed by atoms with Crippen molar-refractivity contribution in [1.29, 1.82) is 0 Å². The van der Waals surface area contributed by atoms with Crippen molar-refractivity contribution in [3.63, 3.8) is 0 Å². The van der Waals surface area contributed by atoms with E-state index in [4.69, 9.17) is 9.97 Å².